The first-order valence-corrected chi connectivity index (χ1v) is 8.90. The Labute approximate surface area is 134 Å². The number of rotatable bonds is 3. The lowest BCUT2D eigenvalue weighted by atomic mass is 10.1. The van der Waals surface area contributed by atoms with Gasteiger partial charge >= 0.3 is 6.18 Å². The minimum absolute atomic E-state index is 0.0927. The predicted octanol–water partition coefficient (Wildman–Crippen LogP) is 2.81. The molecule has 1 aromatic carbocycles. The summed E-state index contributed by atoms with van der Waals surface area (Å²) in [6.07, 6.45) is -1.88. The van der Waals surface area contributed by atoms with E-state index in [9.17, 15) is 21.6 Å². The van der Waals surface area contributed by atoms with Gasteiger partial charge in [0, 0.05) is 19.1 Å². The van der Waals surface area contributed by atoms with Gasteiger partial charge in [0.1, 0.15) is 0 Å². The largest absolute Gasteiger partial charge is 0.416 e. The van der Waals surface area contributed by atoms with Crippen LogP contribution in [0.1, 0.15) is 24.8 Å². The molecule has 2 rings (SSSR count). The highest BCUT2D eigenvalue weighted by atomic mass is 32.2. The monoisotopic (exact) mass is 350 g/mol. The Morgan fingerprint density at radius 2 is 1.74 bits per heavy atom. The molecule has 1 saturated heterocycles. The minimum Gasteiger partial charge on any atom is -0.305 e. The molecule has 4 nitrogen and oxygen atoms in total. The molecule has 0 N–H and O–H groups in total. The van der Waals surface area contributed by atoms with Crippen molar-refractivity contribution >= 4 is 10.0 Å². The molecule has 1 aliphatic heterocycles. The quantitative estimate of drug-likeness (QED) is 0.842. The Bertz CT molecular complexity index is 627. The van der Waals surface area contributed by atoms with Crippen molar-refractivity contribution in [2.24, 2.45) is 0 Å². The Morgan fingerprint density at radius 1 is 1.13 bits per heavy atom. The Hall–Kier alpha value is -1.12. The zero-order chi connectivity index (χ0) is 17.3. The lowest BCUT2D eigenvalue weighted by molar-refractivity contribution is -0.137. The van der Waals surface area contributed by atoms with Crippen molar-refractivity contribution in [2.75, 3.05) is 27.2 Å². The van der Waals surface area contributed by atoms with E-state index in [1.807, 2.05) is 19.0 Å². The van der Waals surface area contributed by atoms with Crippen molar-refractivity contribution in [2.45, 2.75) is 36.4 Å². The summed E-state index contributed by atoms with van der Waals surface area (Å²) in [6, 6.07) is 3.81. The average molecular weight is 350 g/mol. The molecule has 0 aliphatic carbocycles. The Morgan fingerprint density at radius 3 is 2.26 bits per heavy atom. The second-order valence-corrected chi connectivity index (χ2v) is 7.94. The van der Waals surface area contributed by atoms with Gasteiger partial charge in [-0.25, -0.2) is 8.42 Å². The van der Waals surface area contributed by atoms with Crippen molar-refractivity contribution in [3.8, 4) is 0 Å². The molecule has 1 aromatic rings. The van der Waals surface area contributed by atoms with E-state index in [-0.39, 0.29) is 10.9 Å². The lowest BCUT2D eigenvalue weighted by Crippen LogP contribution is -2.41. The molecule has 1 fully saturated rings. The van der Waals surface area contributed by atoms with Crippen LogP contribution >= 0.6 is 0 Å². The summed E-state index contributed by atoms with van der Waals surface area (Å²) in [5, 5.41) is 0. The van der Waals surface area contributed by atoms with Crippen molar-refractivity contribution in [3.05, 3.63) is 29.8 Å². The zero-order valence-corrected chi connectivity index (χ0v) is 14.0. The van der Waals surface area contributed by atoms with Crippen molar-refractivity contribution < 1.29 is 21.6 Å². The van der Waals surface area contributed by atoms with Crippen LogP contribution in [0.2, 0.25) is 0 Å². The molecule has 0 amide bonds. The van der Waals surface area contributed by atoms with Gasteiger partial charge in [-0.15, -0.1) is 0 Å². The van der Waals surface area contributed by atoms with E-state index in [0.29, 0.717) is 13.1 Å². The number of sulfonamides is 1. The van der Waals surface area contributed by atoms with Gasteiger partial charge in [-0.1, -0.05) is 6.42 Å². The number of likely N-dealkylation sites (N-methyl/N-ethyl adjacent to an activating group) is 1. The first-order valence-electron chi connectivity index (χ1n) is 7.46. The van der Waals surface area contributed by atoms with E-state index in [2.05, 4.69) is 0 Å². The molecule has 0 bridgehead atoms. The van der Waals surface area contributed by atoms with Crippen LogP contribution in [-0.2, 0) is 16.2 Å². The number of hydrogen-bond acceptors (Lipinski definition) is 3. The second-order valence-electron chi connectivity index (χ2n) is 6.00. The van der Waals surface area contributed by atoms with Gasteiger partial charge in [-0.3, -0.25) is 0 Å². The zero-order valence-electron chi connectivity index (χ0n) is 13.2. The van der Waals surface area contributed by atoms with Crippen LogP contribution in [-0.4, -0.2) is 50.8 Å². The maximum atomic E-state index is 12.7. The van der Waals surface area contributed by atoms with Gasteiger partial charge in [0.15, 0.2) is 0 Å². The summed E-state index contributed by atoms with van der Waals surface area (Å²) in [6.45, 7) is 0.754. The molecule has 23 heavy (non-hydrogen) atoms. The molecule has 0 aromatic heterocycles. The molecule has 0 radical (unpaired) electrons. The minimum atomic E-state index is -4.47. The van der Waals surface area contributed by atoms with Gasteiger partial charge < -0.3 is 4.90 Å². The van der Waals surface area contributed by atoms with E-state index < -0.39 is 21.8 Å². The summed E-state index contributed by atoms with van der Waals surface area (Å²) in [5.41, 5.74) is -0.849. The van der Waals surface area contributed by atoms with Gasteiger partial charge in [0.05, 0.1) is 10.5 Å². The fourth-order valence-corrected chi connectivity index (χ4v) is 4.21. The molecule has 0 spiro atoms. The molecule has 0 saturated carbocycles. The maximum Gasteiger partial charge on any atom is 0.416 e. The maximum absolute atomic E-state index is 12.7. The topological polar surface area (TPSA) is 40.6 Å². The van der Waals surface area contributed by atoms with Gasteiger partial charge in [0.2, 0.25) is 10.0 Å². The summed E-state index contributed by atoms with van der Waals surface area (Å²) in [5.74, 6) is 0. The van der Waals surface area contributed by atoms with E-state index in [1.165, 1.54) is 4.31 Å². The van der Waals surface area contributed by atoms with Crippen LogP contribution < -0.4 is 0 Å². The normalized spacial score (nSPS) is 21.4. The third kappa shape index (κ3) is 4.24. The molecule has 130 valence electrons. The van der Waals surface area contributed by atoms with Crippen molar-refractivity contribution in [1.82, 2.24) is 9.21 Å². The van der Waals surface area contributed by atoms with Crippen LogP contribution in [0.25, 0.3) is 0 Å². The molecule has 1 aliphatic rings. The summed E-state index contributed by atoms with van der Waals surface area (Å²) < 4.78 is 64.6. The second kappa shape index (κ2) is 6.78. The highest BCUT2D eigenvalue weighted by Crippen LogP contribution is 2.30. The number of hydrogen-bond donors (Lipinski definition) is 0. The molecule has 1 unspecified atom stereocenters. The summed E-state index contributed by atoms with van der Waals surface area (Å²) >= 11 is 0. The first kappa shape index (κ1) is 18.2. The molecular formula is C15H21F3N2O2S. The smallest absolute Gasteiger partial charge is 0.305 e. The van der Waals surface area contributed by atoms with Crippen molar-refractivity contribution in [1.29, 1.82) is 0 Å². The lowest BCUT2D eigenvalue weighted by Gasteiger charge is -2.28. The van der Waals surface area contributed by atoms with Gasteiger partial charge in [-0.05, 0) is 51.2 Å². The SMILES string of the molecule is CN(C)C1CCCCN(S(=O)(=O)c2ccc(C(F)(F)F)cc2)C1. The molecule has 1 heterocycles. The Kier molecular flexibility index (Phi) is 5.37. The number of halogens is 3. The first-order chi connectivity index (χ1) is 10.6. The molecule has 8 heteroatoms. The summed E-state index contributed by atoms with van der Waals surface area (Å²) in [4.78, 5) is 1.89. The van der Waals surface area contributed by atoms with E-state index >= 15 is 0 Å². The van der Waals surface area contributed by atoms with Crippen LogP contribution in [0.5, 0.6) is 0 Å². The van der Waals surface area contributed by atoms with Crippen molar-refractivity contribution in [3.63, 3.8) is 0 Å². The highest BCUT2D eigenvalue weighted by Gasteiger charge is 2.33. The standard InChI is InChI=1S/C15H21F3N2O2S/c1-19(2)13-5-3-4-10-20(11-13)23(21,22)14-8-6-12(7-9-14)15(16,17)18/h6-9,13H,3-5,10-11H2,1-2H3. The summed E-state index contributed by atoms with van der Waals surface area (Å²) in [7, 11) is 0.0287. The molecular weight excluding hydrogens is 329 g/mol. The van der Waals surface area contributed by atoms with Gasteiger partial charge in [-0.2, -0.15) is 17.5 Å². The number of nitrogens with zero attached hydrogens (tertiary/aromatic N) is 2. The van der Waals surface area contributed by atoms with E-state index in [4.69, 9.17) is 0 Å². The predicted molar refractivity (Wildman–Crippen MR) is 81.5 cm³/mol. The van der Waals surface area contributed by atoms with Gasteiger partial charge in [0.25, 0.3) is 0 Å². The average Bonchev–Trinajstić information content (AvgIpc) is 2.73. The van der Waals surface area contributed by atoms with E-state index in [1.54, 1.807) is 0 Å². The van der Waals surface area contributed by atoms with E-state index in [0.717, 1.165) is 43.5 Å². The third-order valence-electron chi connectivity index (χ3n) is 4.16. The Balaban J connectivity index is 2.26. The fraction of sp³-hybridized carbons (Fsp3) is 0.600. The molecule has 1 atom stereocenters. The van der Waals surface area contributed by atoms with Crippen LogP contribution in [0.4, 0.5) is 13.2 Å². The number of alkyl halides is 3. The fourth-order valence-electron chi connectivity index (χ4n) is 2.69. The third-order valence-corrected chi connectivity index (χ3v) is 6.04. The van der Waals surface area contributed by atoms with Crippen LogP contribution in [0.15, 0.2) is 29.2 Å². The van der Waals surface area contributed by atoms with Crippen LogP contribution in [0, 0.1) is 0 Å². The highest BCUT2D eigenvalue weighted by molar-refractivity contribution is 7.89. The number of benzene rings is 1. The van der Waals surface area contributed by atoms with Crippen LogP contribution in [0.3, 0.4) is 0 Å².